The molecule has 1 rings (SSSR count). The van der Waals surface area contributed by atoms with Gasteiger partial charge in [-0.1, -0.05) is 6.92 Å². The maximum Gasteiger partial charge on any atom is 0.310 e. The van der Waals surface area contributed by atoms with Crippen LogP contribution in [0, 0.1) is 11.8 Å². The van der Waals surface area contributed by atoms with Crippen molar-refractivity contribution in [1.29, 1.82) is 0 Å². The first-order valence-electron chi connectivity index (χ1n) is 5.47. The molecule has 4 atom stereocenters. The summed E-state index contributed by atoms with van der Waals surface area (Å²) in [5, 5.41) is 9.49. The Morgan fingerprint density at radius 1 is 1.47 bits per heavy atom. The molecular weight excluding hydrogens is 194 g/mol. The lowest BCUT2D eigenvalue weighted by Crippen LogP contribution is -2.39. The summed E-state index contributed by atoms with van der Waals surface area (Å²) in [4.78, 5) is 13.6. The van der Waals surface area contributed by atoms with E-state index in [2.05, 4.69) is 11.8 Å². The van der Waals surface area contributed by atoms with Gasteiger partial charge in [0, 0.05) is 19.1 Å². The third kappa shape index (κ3) is 2.69. The molecule has 0 saturated carbocycles. The van der Waals surface area contributed by atoms with E-state index >= 15 is 0 Å². The van der Waals surface area contributed by atoms with E-state index in [9.17, 15) is 9.90 Å². The molecule has 88 valence electrons. The molecule has 0 spiro atoms. The summed E-state index contributed by atoms with van der Waals surface area (Å²) in [5.74, 6) is 0.123. The van der Waals surface area contributed by atoms with Gasteiger partial charge in [0.05, 0.1) is 19.1 Å². The van der Waals surface area contributed by atoms with Crippen LogP contribution in [0.25, 0.3) is 0 Å². The first-order valence-corrected chi connectivity index (χ1v) is 5.47. The average Bonchev–Trinajstić information content (AvgIpc) is 2.57. The molecule has 1 saturated heterocycles. The van der Waals surface area contributed by atoms with Gasteiger partial charge in [0.25, 0.3) is 0 Å². The Kier molecular flexibility index (Phi) is 4.11. The minimum Gasteiger partial charge on any atom is -0.469 e. The number of ether oxygens (including phenoxy) is 1. The summed E-state index contributed by atoms with van der Waals surface area (Å²) in [6.07, 6.45) is -0.367. The van der Waals surface area contributed by atoms with E-state index in [-0.39, 0.29) is 24.0 Å². The minimum atomic E-state index is -0.367. The molecule has 4 nitrogen and oxygen atoms in total. The third-order valence-electron chi connectivity index (χ3n) is 3.42. The molecule has 15 heavy (non-hydrogen) atoms. The second kappa shape index (κ2) is 4.94. The van der Waals surface area contributed by atoms with E-state index in [1.807, 2.05) is 6.92 Å². The van der Waals surface area contributed by atoms with Crippen LogP contribution in [0.5, 0.6) is 0 Å². The molecule has 4 heteroatoms. The molecule has 0 amide bonds. The van der Waals surface area contributed by atoms with Gasteiger partial charge in [-0.15, -0.1) is 0 Å². The first kappa shape index (κ1) is 12.5. The Morgan fingerprint density at radius 2 is 2.07 bits per heavy atom. The largest absolute Gasteiger partial charge is 0.469 e. The number of likely N-dealkylation sites (tertiary alicyclic amines) is 1. The Balaban J connectivity index is 2.59. The maximum atomic E-state index is 11.5. The number of methoxy groups -OCH3 is 1. The number of carbonyl (C=O) groups is 1. The molecule has 0 aromatic carbocycles. The molecule has 1 fully saturated rings. The monoisotopic (exact) mass is 215 g/mol. The summed E-state index contributed by atoms with van der Waals surface area (Å²) >= 11 is 0. The van der Waals surface area contributed by atoms with Crippen LogP contribution in [0.3, 0.4) is 0 Å². The standard InChI is InChI=1S/C11H21NO3/c1-7-5-12(8(2)9(3)13)6-10(7)11(14)15-4/h7-10,13H,5-6H2,1-4H3. The zero-order valence-corrected chi connectivity index (χ0v) is 9.93. The van der Waals surface area contributed by atoms with Crippen molar-refractivity contribution < 1.29 is 14.6 Å². The van der Waals surface area contributed by atoms with Crippen molar-refractivity contribution in [3.05, 3.63) is 0 Å². The second-order valence-electron chi connectivity index (χ2n) is 4.54. The fourth-order valence-electron chi connectivity index (χ4n) is 2.10. The van der Waals surface area contributed by atoms with Crippen LogP contribution in [-0.4, -0.2) is 48.3 Å². The number of rotatable bonds is 3. The van der Waals surface area contributed by atoms with Gasteiger partial charge in [0.1, 0.15) is 0 Å². The normalized spacial score (nSPS) is 31.3. The molecule has 0 radical (unpaired) electrons. The number of esters is 1. The molecule has 0 aliphatic carbocycles. The van der Waals surface area contributed by atoms with Crippen LogP contribution in [0.2, 0.25) is 0 Å². The zero-order valence-electron chi connectivity index (χ0n) is 9.93. The average molecular weight is 215 g/mol. The fourth-order valence-corrected chi connectivity index (χ4v) is 2.10. The number of hydrogen-bond donors (Lipinski definition) is 1. The molecule has 0 aromatic heterocycles. The highest BCUT2D eigenvalue weighted by atomic mass is 16.5. The highest BCUT2D eigenvalue weighted by molar-refractivity contribution is 5.73. The van der Waals surface area contributed by atoms with Gasteiger partial charge in [-0.2, -0.15) is 0 Å². The number of carbonyl (C=O) groups excluding carboxylic acids is 1. The Labute approximate surface area is 91.2 Å². The smallest absolute Gasteiger partial charge is 0.310 e. The lowest BCUT2D eigenvalue weighted by molar-refractivity contribution is -0.146. The second-order valence-corrected chi connectivity index (χ2v) is 4.54. The fraction of sp³-hybridized carbons (Fsp3) is 0.909. The van der Waals surface area contributed by atoms with Gasteiger partial charge in [-0.3, -0.25) is 9.69 Å². The van der Waals surface area contributed by atoms with Crippen LogP contribution in [0.4, 0.5) is 0 Å². The summed E-state index contributed by atoms with van der Waals surface area (Å²) in [6, 6.07) is 0.0992. The highest BCUT2D eigenvalue weighted by Crippen LogP contribution is 2.26. The molecule has 1 heterocycles. The summed E-state index contributed by atoms with van der Waals surface area (Å²) in [5.41, 5.74) is 0. The molecular formula is C11H21NO3. The molecule has 0 bridgehead atoms. The molecule has 1 N–H and O–H groups in total. The van der Waals surface area contributed by atoms with Gasteiger partial charge < -0.3 is 9.84 Å². The van der Waals surface area contributed by atoms with E-state index in [4.69, 9.17) is 4.74 Å². The molecule has 4 unspecified atom stereocenters. The topological polar surface area (TPSA) is 49.8 Å². The molecule has 1 aliphatic heterocycles. The van der Waals surface area contributed by atoms with Crippen molar-refractivity contribution in [1.82, 2.24) is 4.90 Å². The van der Waals surface area contributed by atoms with Gasteiger partial charge in [0.15, 0.2) is 0 Å². The van der Waals surface area contributed by atoms with Crippen LogP contribution < -0.4 is 0 Å². The van der Waals surface area contributed by atoms with Gasteiger partial charge in [0.2, 0.25) is 0 Å². The van der Waals surface area contributed by atoms with Crippen LogP contribution in [0.1, 0.15) is 20.8 Å². The lowest BCUT2D eigenvalue weighted by atomic mass is 9.99. The van der Waals surface area contributed by atoms with Crippen LogP contribution in [-0.2, 0) is 9.53 Å². The lowest BCUT2D eigenvalue weighted by Gasteiger charge is -2.26. The van der Waals surface area contributed by atoms with Gasteiger partial charge >= 0.3 is 5.97 Å². The van der Waals surface area contributed by atoms with E-state index in [0.717, 1.165) is 6.54 Å². The van der Waals surface area contributed by atoms with E-state index in [1.165, 1.54) is 7.11 Å². The SMILES string of the molecule is COC(=O)C1CN(C(C)C(C)O)CC1C. The first-order chi connectivity index (χ1) is 6.97. The van der Waals surface area contributed by atoms with Crippen LogP contribution >= 0.6 is 0 Å². The van der Waals surface area contributed by atoms with E-state index < -0.39 is 0 Å². The number of nitrogens with zero attached hydrogens (tertiary/aromatic N) is 1. The quantitative estimate of drug-likeness (QED) is 0.696. The van der Waals surface area contributed by atoms with Gasteiger partial charge in [-0.05, 0) is 19.8 Å². The summed E-state index contributed by atoms with van der Waals surface area (Å²) in [7, 11) is 1.43. The van der Waals surface area contributed by atoms with Crippen molar-refractivity contribution in [2.45, 2.75) is 32.9 Å². The minimum absolute atomic E-state index is 0.0452. The Morgan fingerprint density at radius 3 is 2.53 bits per heavy atom. The predicted molar refractivity (Wildman–Crippen MR) is 57.4 cm³/mol. The Bertz CT molecular complexity index is 230. The molecule has 0 aromatic rings. The highest BCUT2D eigenvalue weighted by Gasteiger charge is 2.38. The van der Waals surface area contributed by atoms with Crippen LogP contribution in [0.15, 0.2) is 0 Å². The van der Waals surface area contributed by atoms with E-state index in [0.29, 0.717) is 12.5 Å². The predicted octanol–water partition coefficient (Wildman–Crippen LogP) is 0.497. The number of aliphatic hydroxyl groups is 1. The number of hydrogen-bond acceptors (Lipinski definition) is 4. The summed E-state index contributed by atoms with van der Waals surface area (Å²) in [6.45, 7) is 7.36. The van der Waals surface area contributed by atoms with Crippen molar-refractivity contribution >= 4 is 5.97 Å². The van der Waals surface area contributed by atoms with Crippen molar-refractivity contribution in [3.8, 4) is 0 Å². The zero-order chi connectivity index (χ0) is 11.6. The van der Waals surface area contributed by atoms with Gasteiger partial charge in [-0.25, -0.2) is 0 Å². The third-order valence-corrected chi connectivity index (χ3v) is 3.42. The molecule has 1 aliphatic rings. The maximum absolute atomic E-state index is 11.5. The number of aliphatic hydroxyl groups excluding tert-OH is 1. The summed E-state index contributed by atoms with van der Waals surface area (Å²) < 4.78 is 4.76. The van der Waals surface area contributed by atoms with Crippen molar-refractivity contribution in [2.24, 2.45) is 11.8 Å². The van der Waals surface area contributed by atoms with E-state index in [1.54, 1.807) is 6.92 Å². The van der Waals surface area contributed by atoms with Crippen molar-refractivity contribution in [2.75, 3.05) is 20.2 Å². The van der Waals surface area contributed by atoms with Crippen molar-refractivity contribution in [3.63, 3.8) is 0 Å². The Hall–Kier alpha value is -0.610.